The topological polar surface area (TPSA) is 126 Å². The van der Waals surface area contributed by atoms with Crippen LogP contribution in [0.15, 0.2) is 72.9 Å². The number of ether oxygens (including phenoxy) is 3. The molecule has 2 aliphatic rings. The van der Waals surface area contributed by atoms with Crippen LogP contribution in [0.3, 0.4) is 0 Å². The number of pyridine rings is 1. The molecule has 3 amide bonds. The number of amides is 3. The quantitative estimate of drug-likeness (QED) is 0.185. The van der Waals surface area contributed by atoms with Crippen LogP contribution < -0.4 is 40.4 Å². The number of rotatable bonds is 9. The zero-order chi connectivity index (χ0) is 31.9. The monoisotopic (exact) mass is 624 g/mol. The minimum absolute atomic E-state index is 0.136. The van der Waals surface area contributed by atoms with Crippen molar-refractivity contribution in [3.8, 4) is 23.0 Å². The number of piperidine rings is 2. The molecular formula is C35H40N6O5. The lowest BCUT2D eigenvalue weighted by Gasteiger charge is -2.35. The van der Waals surface area contributed by atoms with Gasteiger partial charge in [0.15, 0.2) is 11.5 Å². The number of urea groups is 1. The minimum atomic E-state index is -0.360. The summed E-state index contributed by atoms with van der Waals surface area (Å²) in [6.45, 7) is 3.59. The number of carbonyl (C=O) groups excluding carboxylic acids is 2. The first-order chi connectivity index (χ1) is 22.5. The molecule has 2 aliphatic heterocycles. The molecule has 0 aliphatic carbocycles. The van der Waals surface area contributed by atoms with Gasteiger partial charge in [0.1, 0.15) is 11.5 Å². The summed E-state index contributed by atoms with van der Waals surface area (Å²) < 4.78 is 17.0. The maximum atomic E-state index is 12.8. The lowest BCUT2D eigenvalue weighted by Crippen LogP contribution is -2.47. The van der Waals surface area contributed by atoms with Gasteiger partial charge in [-0.2, -0.15) is 0 Å². The van der Waals surface area contributed by atoms with Crippen LogP contribution in [0.4, 0.5) is 21.9 Å². The molecule has 0 atom stereocenters. The fraction of sp³-hybridized carbons (Fsp3) is 0.343. The third-order valence-electron chi connectivity index (χ3n) is 8.57. The highest BCUT2D eigenvalue weighted by atomic mass is 16.5. The van der Waals surface area contributed by atoms with Gasteiger partial charge >= 0.3 is 6.03 Å². The van der Waals surface area contributed by atoms with E-state index in [1.807, 2.05) is 42.5 Å². The van der Waals surface area contributed by atoms with E-state index in [4.69, 9.17) is 14.2 Å². The smallest absolute Gasteiger partial charge is 0.323 e. The summed E-state index contributed by atoms with van der Waals surface area (Å²) in [4.78, 5) is 32.2. The van der Waals surface area contributed by atoms with Gasteiger partial charge in [-0.05, 0) is 87.3 Å². The van der Waals surface area contributed by atoms with Crippen LogP contribution >= 0.6 is 0 Å². The Balaban J connectivity index is 1.01. The molecule has 4 N–H and O–H groups in total. The van der Waals surface area contributed by atoms with E-state index in [1.165, 1.54) is 0 Å². The van der Waals surface area contributed by atoms with Crippen LogP contribution in [0.5, 0.6) is 23.0 Å². The Morgan fingerprint density at radius 3 is 2.28 bits per heavy atom. The summed E-state index contributed by atoms with van der Waals surface area (Å²) in [6.07, 6.45) is 5.34. The highest BCUT2D eigenvalue weighted by Gasteiger charge is 2.26. The lowest BCUT2D eigenvalue weighted by molar-refractivity contribution is -0.126. The molecule has 0 radical (unpaired) electrons. The van der Waals surface area contributed by atoms with Gasteiger partial charge in [0.05, 0.1) is 19.7 Å². The number of benzene rings is 3. The number of hydrogen-bond acceptors (Lipinski definition) is 8. The first-order valence-corrected chi connectivity index (χ1v) is 15.7. The Morgan fingerprint density at radius 2 is 1.54 bits per heavy atom. The number of aromatic nitrogens is 1. The molecule has 3 aromatic carbocycles. The van der Waals surface area contributed by atoms with Crippen molar-refractivity contribution in [1.82, 2.24) is 15.6 Å². The lowest BCUT2D eigenvalue weighted by atomic mass is 9.96. The van der Waals surface area contributed by atoms with Gasteiger partial charge in [0, 0.05) is 65.8 Å². The second-order valence-electron chi connectivity index (χ2n) is 11.6. The van der Waals surface area contributed by atoms with Gasteiger partial charge < -0.3 is 40.4 Å². The SMILES string of the molecule is COc1cc2nccc(Oc3cccc(NC(=O)Nc4ccc(N5CCC(NC(=O)C6CCNCC6)CC5)cc4)c3)c2cc1OC. The van der Waals surface area contributed by atoms with E-state index in [1.54, 1.807) is 44.7 Å². The zero-order valence-electron chi connectivity index (χ0n) is 26.2. The third kappa shape index (κ3) is 7.43. The predicted molar refractivity (Wildman–Crippen MR) is 179 cm³/mol. The summed E-state index contributed by atoms with van der Waals surface area (Å²) in [5.41, 5.74) is 3.07. The fourth-order valence-electron chi connectivity index (χ4n) is 6.03. The standard InChI is InChI=1S/C35H40N6O5/c1-44-32-21-29-30(22-33(32)45-2)37-17-12-31(29)46-28-5-3-4-26(20-28)40-35(43)39-24-6-8-27(9-7-24)41-18-13-25(14-19-41)38-34(42)23-10-15-36-16-11-23/h3-9,12,17,20-23,25,36H,10-11,13-16,18-19H2,1-2H3,(H,38,42)(H2,39,40,43). The van der Waals surface area contributed by atoms with E-state index < -0.39 is 0 Å². The molecule has 1 aromatic heterocycles. The first kappa shape index (κ1) is 31.0. The molecule has 0 spiro atoms. The molecule has 46 heavy (non-hydrogen) atoms. The fourth-order valence-corrected chi connectivity index (χ4v) is 6.03. The molecular weight excluding hydrogens is 584 g/mol. The van der Waals surface area contributed by atoms with Crippen molar-refractivity contribution in [1.29, 1.82) is 0 Å². The molecule has 0 unspecified atom stereocenters. The van der Waals surface area contributed by atoms with Crippen LogP contribution in [0.25, 0.3) is 10.9 Å². The molecule has 2 saturated heterocycles. The Hall–Kier alpha value is -5.03. The van der Waals surface area contributed by atoms with Crippen molar-refractivity contribution in [2.24, 2.45) is 5.92 Å². The molecule has 0 saturated carbocycles. The summed E-state index contributed by atoms with van der Waals surface area (Å²) in [5.74, 6) is 2.65. The number of nitrogens with zero attached hydrogens (tertiary/aromatic N) is 2. The van der Waals surface area contributed by atoms with Crippen LogP contribution in [0.2, 0.25) is 0 Å². The number of methoxy groups -OCH3 is 2. The van der Waals surface area contributed by atoms with Gasteiger partial charge in [0.25, 0.3) is 0 Å². The van der Waals surface area contributed by atoms with Crippen LogP contribution in [-0.4, -0.2) is 63.4 Å². The third-order valence-corrected chi connectivity index (χ3v) is 8.57. The molecule has 4 aromatic rings. The van der Waals surface area contributed by atoms with E-state index in [0.717, 1.165) is 62.9 Å². The highest BCUT2D eigenvalue weighted by Crippen LogP contribution is 2.37. The highest BCUT2D eigenvalue weighted by molar-refractivity contribution is 6.00. The van der Waals surface area contributed by atoms with E-state index in [-0.39, 0.29) is 23.9 Å². The van der Waals surface area contributed by atoms with E-state index in [9.17, 15) is 9.59 Å². The van der Waals surface area contributed by atoms with Gasteiger partial charge in [-0.15, -0.1) is 0 Å². The molecule has 6 rings (SSSR count). The largest absolute Gasteiger partial charge is 0.493 e. The number of nitrogens with one attached hydrogen (secondary N) is 4. The average molecular weight is 625 g/mol. The first-order valence-electron chi connectivity index (χ1n) is 15.7. The minimum Gasteiger partial charge on any atom is -0.493 e. The van der Waals surface area contributed by atoms with Gasteiger partial charge in [0.2, 0.25) is 5.91 Å². The Kier molecular flexibility index (Phi) is 9.68. The Morgan fingerprint density at radius 1 is 0.826 bits per heavy atom. The summed E-state index contributed by atoms with van der Waals surface area (Å²) in [6, 6.07) is 20.3. The molecule has 11 heteroatoms. The number of hydrogen-bond donors (Lipinski definition) is 4. The second kappa shape index (κ2) is 14.4. The van der Waals surface area contributed by atoms with Gasteiger partial charge in [-0.3, -0.25) is 9.78 Å². The van der Waals surface area contributed by atoms with Crippen LogP contribution in [-0.2, 0) is 4.79 Å². The molecule has 240 valence electrons. The maximum Gasteiger partial charge on any atom is 0.323 e. The van der Waals surface area contributed by atoms with Crippen molar-refractivity contribution in [2.75, 3.05) is 55.9 Å². The van der Waals surface area contributed by atoms with Crippen LogP contribution in [0.1, 0.15) is 25.7 Å². The van der Waals surface area contributed by atoms with Gasteiger partial charge in [-0.1, -0.05) is 6.07 Å². The second-order valence-corrected chi connectivity index (χ2v) is 11.6. The average Bonchev–Trinajstić information content (AvgIpc) is 3.09. The normalized spacial score (nSPS) is 15.7. The maximum absolute atomic E-state index is 12.8. The predicted octanol–water partition coefficient (Wildman–Crippen LogP) is 5.77. The van der Waals surface area contributed by atoms with Gasteiger partial charge in [-0.25, -0.2) is 4.79 Å². The summed E-state index contributed by atoms with van der Waals surface area (Å²) in [5, 5.41) is 13.1. The van der Waals surface area contributed by atoms with E-state index in [0.29, 0.717) is 39.9 Å². The van der Waals surface area contributed by atoms with Crippen molar-refractivity contribution in [3.63, 3.8) is 0 Å². The molecule has 3 heterocycles. The van der Waals surface area contributed by atoms with Crippen molar-refractivity contribution < 1.29 is 23.8 Å². The van der Waals surface area contributed by atoms with E-state index >= 15 is 0 Å². The number of anilines is 3. The molecule has 11 nitrogen and oxygen atoms in total. The van der Waals surface area contributed by atoms with Crippen molar-refractivity contribution in [3.05, 3.63) is 72.9 Å². The summed E-state index contributed by atoms with van der Waals surface area (Å²) in [7, 11) is 3.16. The van der Waals surface area contributed by atoms with Crippen molar-refractivity contribution in [2.45, 2.75) is 31.7 Å². The van der Waals surface area contributed by atoms with Crippen LogP contribution in [0, 0.1) is 5.92 Å². The Labute approximate surface area is 268 Å². The van der Waals surface area contributed by atoms with Crippen molar-refractivity contribution >= 4 is 39.9 Å². The number of carbonyl (C=O) groups is 2. The number of fused-ring (bicyclic) bond motifs is 1. The van der Waals surface area contributed by atoms with E-state index in [2.05, 4.69) is 31.2 Å². The molecule has 2 fully saturated rings. The molecule has 0 bridgehead atoms. The summed E-state index contributed by atoms with van der Waals surface area (Å²) >= 11 is 0. The Bertz CT molecular complexity index is 1670. The zero-order valence-corrected chi connectivity index (χ0v) is 26.2.